The molecule has 0 aromatic heterocycles. The minimum atomic E-state index is -0.315. The van der Waals surface area contributed by atoms with Crippen LogP contribution in [0.5, 0.6) is 11.5 Å². The maximum absolute atomic E-state index is 12.1. The second-order valence-electron chi connectivity index (χ2n) is 4.24. The van der Waals surface area contributed by atoms with E-state index in [2.05, 4.69) is 0 Å². The number of hydrogen-bond donors (Lipinski definition) is 1. The van der Waals surface area contributed by atoms with E-state index in [-0.39, 0.29) is 24.2 Å². The summed E-state index contributed by atoms with van der Waals surface area (Å²) >= 11 is 0.911. The Morgan fingerprint density at radius 1 is 1.24 bits per heavy atom. The lowest BCUT2D eigenvalue weighted by Gasteiger charge is -2.09. The predicted octanol–water partition coefficient (Wildman–Crippen LogP) is 1.70. The first kappa shape index (κ1) is 15.4. The van der Waals surface area contributed by atoms with Crippen LogP contribution in [-0.2, 0) is 4.79 Å². The summed E-state index contributed by atoms with van der Waals surface area (Å²) in [4.78, 5) is 25.3. The van der Waals surface area contributed by atoms with Crippen LogP contribution in [0.1, 0.15) is 5.56 Å². The van der Waals surface area contributed by atoms with Crippen LogP contribution in [0.15, 0.2) is 23.1 Å². The number of methoxy groups -OCH3 is 2. The summed E-state index contributed by atoms with van der Waals surface area (Å²) in [6.45, 7) is 0.482. The SMILES string of the molecule is COc1ccc(/C=C2/SC(=O)N(CCN)C2=O)cc1OC. The molecule has 1 saturated heterocycles. The number of ether oxygens (including phenoxy) is 2. The van der Waals surface area contributed by atoms with Gasteiger partial charge in [-0.3, -0.25) is 14.5 Å². The average Bonchev–Trinajstić information content (AvgIpc) is 2.75. The summed E-state index contributed by atoms with van der Waals surface area (Å²) in [6.07, 6.45) is 1.66. The Morgan fingerprint density at radius 2 is 1.95 bits per heavy atom. The van der Waals surface area contributed by atoms with Crippen molar-refractivity contribution in [1.82, 2.24) is 4.90 Å². The standard InChI is InChI=1S/C14H16N2O4S/c1-19-10-4-3-9(7-11(10)20-2)8-12-13(17)16(6-5-15)14(18)21-12/h3-4,7-8H,5-6,15H2,1-2H3/b12-8+. The number of carbonyl (C=O) groups excluding carboxylic acids is 2. The number of carbonyl (C=O) groups is 2. The molecule has 2 rings (SSSR count). The van der Waals surface area contributed by atoms with Crippen molar-refractivity contribution in [2.75, 3.05) is 27.3 Å². The number of amides is 2. The van der Waals surface area contributed by atoms with Gasteiger partial charge >= 0.3 is 0 Å². The molecule has 0 bridgehead atoms. The van der Waals surface area contributed by atoms with Gasteiger partial charge in [0.05, 0.1) is 19.1 Å². The number of nitrogens with two attached hydrogens (primary N) is 1. The van der Waals surface area contributed by atoms with Crippen LogP contribution in [-0.4, -0.2) is 43.4 Å². The Morgan fingerprint density at radius 3 is 2.57 bits per heavy atom. The van der Waals surface area contributed by atoms with Gasteiger partial charge in [-0.1, -0.05) is 6.07 Å². The van der Waals surface area contributed by atoms with Gasteiger partial charge in [0.1, 0.15) is 0 Å². The molecule has 7 heteroatoms. The molecule has 0 radical (unpaired) electrons. The fourth-order valence-electron chi connectivity index (χ4n) is 1.92. The number of nitrogens with zero attached hydrogens (tertiary/aromatic N) is 1. The molecule has 1 aliphatic rings. The molecule has 1 aromatic carbocycles. The van der Waals surface area contributed by atoms with Crippen molar-refractivity contribution in [3.05, 3.63) is 28.7 Å². The molecule has 6 nitrogen and oxygen atoms in total. The van der Waals surface area contributed by atoms with Gasteiger partial charge in [-0.25, -0.2) is 0 Å². The van der Waals surface area contributed by atoms with Gasteiger partial charge in [0.25, 0.3) is 11.1 Å². The van der Waals surface area contributed by atoms with Crippen molar-refractivity contribution >= 4 is 29.0 Å². The van der Waals surface area contributed by atoms with Gasteiger partial charge in [0, 0.05) is 13.1 Å². The van der Waals surface area contributed by atoms with Crippen molar-refractivity contribution in [2.45, 2.75) is 0 Å². The third kappa shape index (κ3) is 3.20. The van der Waals surface area contributed by atoms with E-state index in [1.807, 2.05) is 0 Å². The number of benzene rings is 1. The molecule has 0 aliphatic carbocycles. The lowest BCUT2D eigenvalue weighted by Crippen LogP contribution is -2.33. The Balaban J connectivity index is 2.28. The largest absolute Gasteiger partial charge is 0.493 e. The Labute approximate surface area is 126 Å². The van der Waals surface area contributed by atoms with Crippen LogP contribution in [0.2, 0.25) is 0 Å². The highest BCUT2D eigenvalue weighted by Gasteiger charge is 2.34. The molecule has 112 valence electrons. The van der Waals surface area contributed by atoms with Crippen molar-refractivity contribution in [3.63, 3.8) is 0 Å². The van der Waals surface area contributed by atoms with E-state index >= 15 is 0 Å². The number of hydrogen-bond acceptors (Lipinski definition) is 6. The van der Waals surface area contributed by atoms with Gasteiger partial charge in [-0.2, -0.15) is 0 Å². The highest BCUT2D eigenvalue weighted by molar-refractivity contribution is 8.18. The summed E-state index contributed by atoms with van der Waals surface area (Å²) in [5.74, 6) is 0.851. The van der Waals surface area contributed by atoms with E-state index in [0.29, 0.717) is 16.4 Å². The summed E-state index contributed by atoms with van der Waals surface area (Å²) in [5.41, 5.74) is 6.15. The normalized spacial score (nSPS) is 16.7. The second-order valence-corrected chi connectivity index (χ2v) is 5.23. The van der Waals surface area contributed by atoms with Gasteiger partial charge in [-0.05, 0) is 35.5 Å². The fourth-order valence-corrected chi connectivity index (χ4v) is 2.78. The molecule has 1 aromatic rings. The van der Waals surface area contributed by atoms with E-state index in [0.717, 1.165) is 22.2 Å². The van der Waals surface area contributed by atoms with Crippen LogP contribution < -0.4 is 15.2 Å². The van der Waals surface area contributed by atoms with Crippen molar-refractivity contribution in [2.24, 2.45) is 5.73 Å². The van der Waals surface area contributed by atoms with E-state index in [4.69, 9.17) is 15.2 Å². The molecule has 2 amide bonds. The van der Waals surface area contributed by atoms with Crippen molar-refractivity contribution in [3.8, 4) is 11.5 Å². The zero-order valence-corrected chi connectivity index (χ0v) is 12.6. The van der Waals surface area contributed by atoms with Gasteiger partial charge in [-0.15, -0.1) is 0 Å². The van der Waals surface area contributed by atoms with E-state index in [1.165, 1.54) is 7.11 Å². The quantitative estimate of drug-likeness (QED) is 0.834. The molecule has 1 heterocycles. The summed E-state index contributed by atoms with van der Waals surface area (Å²) in [5, 5.41) is -0.294. The van der Waals surface area contributed by atoms with Crippen LogP contribution in [0, 0.1) is 0 Å². The maximum atomic E-state index is 12.1. The van der Waals surface area contributed by atoms with Crippen LogP contribution in [0.3, 0.4) is 0 Å². The predicted molar refractivity (Wildman–Crippen MR) is 81.3 cm³/mol. The first-order chi connectivity index (χ1) is 10.1. The molecule has 0 spiro atoms. The summed E-state index contributed by atoms with van der Waals surface area (Å²) in [7, 11) is 3.09. The minimum Gasteiger partial charge on any atom is -0.493 e. The third-order valence-corrected chi connectivity index (χ3v) is 3.84. The Hall–Kier alpha value is -1.99. The minimum absolute atomic E-state index is 0.230. The Kier molecular flexibility index (Phi) is 4.87. The topological polar surface area (TPSA) is 81.9 Å². The average molecular weight is 308 g/mol. The van der Waals surface area contributed by atoms with Gasteiger partial charge in [0.2, 0.25) is 0 Å². The molecule has 21 heavy (non-hydrogen) atoms. The number of thioether (sulfide) groups is 1. The van der Waals surface area contributed by atoms with E-state index in [1.54, 1.807) is 31.4 Å². The summed E-state index contributed by atoms with van der Waals surface area (Å²) < 4.78 is 10.4. The molecule has 0 saturated carbocycles. The first-order valence-electron chi connectivity index (χ1n) is 6.28. The molecule has 2 N–H and O–H groups in total. The van der Waals surface area contributed by atoms with E-state index in [9.17, 15) is 9.59 Å². The van der Waals surface area contributed by atoms with Crippen molar-refractivity contribution in [1.29, 1.82) is 0 Å². The lowest BCUT2D eigenvalue weighted by molar-refractivity contribution is -0.122. The lowest BCUT2D eigenvalue weighted by atomic mass is 10.2. The third-order valence-electron chi connectivity index (χ3n) is 2.93. The first-order valence-corrected chi connectivity index (χ1v) is 7.09. The van der Waals surface area contributed by atoms with Crippen LogP contribution >= 0.6 is 11.8 Å². The van der Waals surface area contributed by atoms with Crippen LogP contribution in [0.4, 0.5) is 4.79 Å². The zero-order valence-electron chi connectivity index (χ0n) is 11.8. The molecule has 0 atom stereocenters. The Bertz CT molecular complexity index is 601. The van der Waals surface area contributed by atoms with Crippen molar-refractivity contribution < 1.29 is 19.1 Å². The molecular weight excluding hydrogens is 292 g/mol. The zero-order chi connectivity index (χ0) is 15.4. The second kappa shape index (κ2) is 6.64. The molecule has 1 fully saturated rings. The maximum Gasteiger partial charge on any atom is 0.293 e. The molecule has 0 unspecified atom stereocenters. The molecular formula is C14H16N2O4S. The molecule has 1 aliphatic heterocycles. The number of rotatable bonds is 5. The smallest absolute Gasteiger partial charge is 0.293 e. The monoisotopic (exact) mass is 308 g/mol. The van der Waals surface area contributed by atoms with Gasteiger partial charge in [0.15, 0.2) is 11.5 Å². The fraction of sp³-hybridized carbons (Fsp3) is 0.286. The van der Waals surface area contributed by atoms with Gasteiger partial charge < -0.3 is 15.2 Å². The summed E-state index contributed by atoms with van der Waals surface area (Å²) in [6, 6.07) is 5.28. The van der Waals surface area contributed by atoms with Crippen LogP contribution in [0.25, 0.3) is 6.08 Å². The number of imide groups is 1. The highest BCUT2D eigenvalue weighted by atomic mass is 32.2. The highest BCUT2D eigenvalue weighted by Crippen LogP contribution is 2.34. The van der Waals surface area contributed by atoms with E-state index < -0.39 is 0 Å².